The molecule has 3 rings (SSSR count). The van der Waals surface area contributed by atoms with Crippen LogP contribution in [0, 0.1) is 5.82 Å². The number of anilines is 1. The van der Waals surface area contributed by atoms with Crippen molar-refractivity contribution in [3.8, 4) is 0 Å². The van der Waals surface area contributed by atoms with Crippen LogP contribution in [0.2, 0.25) is 5.15 Å². The summed E-state index contributed by atoms with van der Waals surface area (Å²) in [5.41, 5.74) is 3.26. The van der Waals surface area contributed by atoms with Gasteiger partial charge in [-0.1, -0.05) is 23.7 Å². The molecule has 1 heterocycles. The summed E-state index contributed by atoms with van der Waals surface area (Å²) in [6, 6.07) is 6.53. The van der Waals surface area contributed by atoms with Gasteiger partial charge in [0.25, 0.3) is 0 Å². The Morgan fingerprint density at radius 2 is 1.86 bits per heavy atom. The summed E-state index contributed by atoms with van der Waals surface area (Å²) in [6.07, 6.45) is 5.06. The summed E-state index contributed by atoms with van der Waals surface area (Å²) in [5.74, 6) is 0.374. The number of hydrogen-bond donors (Lipinski definition) is 1. The van der Waals surface area contributed by atoms with Gasteiger partial charge in [-0.3, -0.25) is 0 Å². The fourth-order valence-corrected chi connectivity index (χ4v) is 2.88. The van der Waals surface area contributed by atoms with Crippen LogP contribution >= 0.6 is 11.6 Å². The van der Waals surface area contributed by atoms with E-state index in [1.807, 2.05) is 0 Å². The lowest BCUT2D eigenvalue weighted by molar-refractivity contribution is 0.627. The van der Waals surface area contributed by atoms with Gasteiger partial charge in [0, 0.05) is 12.1 Å². The van der Waals surface area contributed by atoms with Crippen molar-refractivity contribution in [3.63, 3.8) is 0 Å². The van der Waals surface area contributed by atoms with Crippen LogP contribution in [0.25, 0.3) is 0 Å². The van der Waals surface area contributed by atoms with Crippen molar-refractivity contribution in [1.82, 2.24) is 9.97 Å². The Balaban J connectivity index is 1.63. The molecule has 0 saturated carbocycles. The van der Waals surface area contributed by atoms with Crippen molar-refractivity contribution >= 4 is 17.5 Å². The van der Waals surface area contributed by atoms with Gasteiger partial charge in [0.1, 0.15) is 11.0 Å². The Labute approximate surface area is 128 Å². The number of fused-ring (bicyclic) bond motifs is 1. The van der Waals surface area contributed by atoms with Crippen LogP contribution in [0.5, 0.6) is 0 Å². The van der Waals surface area contributed by atoms with Gasteiger partial charge in [0.05, 0.1) is 5.69 Å². The molecule has 0 fully saturated rings. The molecular formula is C16H17ClFN3. The zero-order valence-electron chi connectivity index (χ0n) is 11.7. The van der Waals surface area contributed by atoms with Crippen molar-refractivity contribution in [3.05, 3.63) is 52.1 Å². The van der Waals surface area contributed by atoms with E-state index in [-0.39, 0.29) is 5.82 Å². The molecule has 1 aromatic carbocycles. The van der Waals surface area contributed by atoms with Gasteiger partial charge in [-0.15, -0.1) is 0 Å². The lowest BCUT2D eigenvalue weighted by Gasteiger charge is -2.16. The number of halogens is 2. The largest absolute Gasteiger partial charge is 0.354 e. The highest BCUT2D eigenvalue weighted by atomic mass is 35.5. The number of hydrogen-bond acceptors (Lipinski definition) is 3. The van der Waals surface area contributed by atoms with Crippen LogP contribution in [-0.4, -0.2) is 16.5 Å². The SMILES string of the molecule is Fc1ccc(CCNc2nc(Cl)c3c(n2)CCCC3)cc1. The molecule has 3 nitrogen and oxygen atoms in total. The van der Waals surface area contributed by atoms with Crippen molar-refractivity contribution in [2.75, 3.05) is 11.9 Å². The third-order valence-corrected chi connectivity index (χ3v) is 4.06. The summed E-state index contributed by atoms with van der Waals surface area (Å²) in [7, 11) is 0. The number of nitrogens with one attached hydrogen (secondary N) is 1. The summed E-state index contributed by atoms with van der Waals surface area (Å²) in [6.45, 7) is 0.695. The first-order chi connectivity index (χ1) is 10.2. The number of benzene rings is 1. The normalized spacial score (nSPS) is 13.8. The minimum Gasteiger partial charge on any atom is -0.354 e. The Morgan fingerprint density at radius 3 is 2.67 bits per heavy atom. The van der Waals surface area contributed by atoms with E-state index in [0.717, 1.165) is 48.9 Å². The topological polar surface area (TPSA) is 37.8 Å². The maximum Gasteiger partial charge on any atom is 0.224 e. The van der Waals surface area contributed by atoms with Crippen LogP contribution in [-0.2, 0) is 19.3 Å². The molecule has 0 spiro atoms. The molecule has 1 N–H and O–H groups in total. The van der Waals surface area contributed by atoms with Crippen molar-refractivity contribution < 1.29 is 4.39 Å². The standard InChI is InChI=1S/C16H17ClFN3/c17-15-13-3-1-2-4-14(13)20-16(21-15)19-10-9-11-5-7-12(18)8-6-11/h5-8H,1-4,9-10H2,(H,19,20,21). The molecule has 0 atom stereocenters. The lowest BCUT2D eigenvalue weighted by Crippen LogP contribution is -2.13. The van der Waals surface area contributed by atoms with Gasteiger partial charge in [0.15, 0.2) is 0 Å². The third kappa shape index (κ3) is 3.50. The second-order valence-corrected chi connectivity index (χ2v) is 5.63. The van der Waals surface area contributed by atoms with E-state index >= 15 is 0 Å². The van der Waals surface area contributed by atoms with Gasteiger partial charge >= 0.3 is 0 Å². The smallest absolute Gasteiger partial charge is 0.224 e. The highest BCUT2D eigenvalue weighted by Gasteiger charge is 2.16. The van der Waals surface area contributed by atoms with E-state index in [2.05, 4.69) is 15.3 Å². The molecule has 0 unspecified atom stereocenters. The van der Waals surface area contributed by atoms with Gasteiger partial charge in [-0.25, -0.2) is 14.4 Å². The molecule has 1 aliphatic carbocycles. The van der Waals surface area contributed by atoms with Crippen LogP contribution in [0.1, 0.15) is 29.7 Å². The molecule has 21 heavy (non-hydrogen) atoms. The molecule has 0 aliphatic heterocycles. The minimum atomic E-state index is -0.212. The maximum absolute atomic E-state index is 12.8. The third-order valence-electron chi connectivity index (χ3n) is 3.74. The van der Waals surface area contributed by atoms with E-state index in [4.69, 9.17) is 11.6 Å². The summed E-state index contributed by atoms with van der Waals surface area (Å²) in [4.78, 5) is 8.87. The van der Waals surface area contributed by atoms with E-state index in [1.165, 1.54) is 12.1 Å². The fraction of sp³-hybridized carbons (Fsp3) is 0.375. The fourth-order valence-electron chi connectivity index (χ4n) is 2.60. The summed E-state index contributed by atoms with van der Waals surface area (Å²) >= 11 is 6.23. The molecule has 5 heteroatoms. The second-order valence-electron chi connectivity index (χ2n) is 5.27. The first-order valence-corrected chi connectivity index (χ1v) is 7.64. The molecule has 1 aliphatic rings. The maximum atomic E-state index is 12.8. The molecular weight excluding hydrogens is 289 g/mol. The first-order valence-electron chi connectivity index (χ1n) is 7.26. The Kier molecular flexibility index (Phi) is 4.34. The van der Waals surface area contributed by atoms with Gasteiger partial charge in [-0.2, -0.15) is 0 Å². The predicted molar refractivity (Wildman–Crippen MR) is 82.3 cm³/mol. The zero-order valence-corrected chi connectivity index (χ0v) is 12.5. The number of rotatable bonds is 4. The minimum absolute atomic E-state index is 0.212. The molecule has 2 aromatic rings. The van der Waals surface area contributed by atoms with Crippen LogP contribution in [0.15, 0.2) is 24.3 Å². The molecule has 0 amide bonds. The average molecular weight is 306 g/mol. The van der Waals surface area contributed by atoms with Gasteiger partial charge in [-0.05, 0) is 49.8 Å². The lowest BCUT2D eigenvalue weighted by atomic mass is 9.97. The average Bonchev–Trinajstić information content (AvgIpc) is 2.49. The highest BCUT2D eigenvalue weighted by Crippen LogP contribution is 2.26. The summed E-state index contributed by atoms with van der Waals surface area (Å²) < 4.78 is 12.8. The molecule has 0 saturated heterocycles. The van der Waals surface area contributed by atoms with Crippen molar-refractivity contribution in [2.24, 2.45) is 0 Å². The first kappa shape index (κ1) is 14.3. The number of nitrogens with zero attached hydrogens (tertiary/aromatic N) is 2. The van der Waals surface area contributed by atoms with Crippen LogP contribution in [0.4, 0.5) is 10.3 Å². The Morgan fingerprint density at radius 1 is 1.10 bits per heavy atom. The van der Waals surface area contributed by atoms with Gasteiger partial charge in [0.2, 0.25) is 5.95 Å². The molecule has 0 radical (unpaired) electrons. The highest BCUT2D eigenvalue weighted by molar-refractivity contribution is 6.30. The molecule has 0 bridgehead atoms. The van der Waals surface area contributed by atoms with E-state index in [1.54, 1.807) is 12.1 Å². The summed E-state index contributed by atoms with van der Waals surface area (Å²) in [5, 5.41) is 3.77. The predicted octanol–water partition coefficient (Wildman–Crippen LogP) is 3.80. The van der Waals surface area contributed by atoms with Gasteiger partial charge < -0.3 is 5.32 Å². The number of aromatic nitrogens is 2. The monoisotopic (exact) mass is 305 g/mol. The van der Waals surface area contributed by atoms with Crippen LogP contribution in [0.3, 0.4) is 0 Å². The zero-order chi connectivity index (χ0) is 14.7. The van der Waals surface area contributed by atoms with Crippen LogP contribution < -0.4 is 5.32 Å². The quantitative estimate of drug-likeness (QED) is 0.873. The second kappa shape index (κ2) is 6.39. The number of aryl methyl sites for hydroxylation is 1. The Hall–Kier alpha value is -1.68. The molecule has 110 valence electrons. The van der Waals surface area contributed by atoms with E-state index in [0.29, 0.717) is 17.6 Å². The van der Waals surface area contributed by atoms with E-state index in [9.17, 15) is 4.39 Å². The Bertz CT molecular complexity index is 628. The van der Waals surface area contributed by atoms with E-state index < -0.39 is 0 Å². The van der Waals surface area contributed by atoms with Crippen molar-refractivity contribution in [2.45, 2.75) is 32.1 Å². The van der Waals surface area contributed by atoms with Crippen molar-refractivity contribution in [1.29, 1.82) is 0 Å². The molecule has 1 aromatic heterocycles.